The topological polar surface area (TPSA) is 69.0 Å². The summed E-state index contributed by atoms with van der Waals surface area (Å²) in [5.41, 5.74) is 0. The highest BCUT2D eigenvalue weighted by Crippen LogP contribution is 2.28. The number of anilines is 1. The van der Waals surface area contributed by atoms with Crippen LogP contribution in [0.15, 0.2) is 18.7 Å². The monoisotopic (exact) mass is 288 g/mol. The minimum atomic E-state index is 0.379. The first kappa shape index (κ1) is 13.8. The average Bonchev–Trinajstić information content (AvgIpc) is 2.94. The van der Waals surface area contributed by atoms with Gasteiger partial charge < -0.3 is 14.2 Å². The van der Waals surface area contributed by atoms with E-state index in [1.807, 2.05) is 18.5 Å². The van der Waals surface area contributed by atoms with Gasteiger partial charge in [0.2, 0.25) is 5.88 Å². The second kappa shape index (κ2) is 6.07. The van der Waals surface area contributed by atoms with E-state index in [1.54, 1.807) is 18.7 Å². The van der Waals surface area contributed by atoms with Gasteiger partial charge in [0.15, 0.2) is 5.82 Å². The summed E-state index contributed by atoms with van der Waals surface area (Å²) in [5, 5.41) is 8.22. The Kier molecular flexibility index (Phi) is 3.98. The number of piperidine rings is 1. The lowest BCUT2D eigenvalue weighted by atomic mass is 9.97. The fourth-order valence-electron chi connectivity index (χ4n) is 2.77. The van der Waals surface area contributed by atoms with E-state index in [0.717, 1.165) is 37.6 Å². The first-order valence-electron chi connectivity index (χ1n) is 7.31. The summed E-state index contributed by atoms with van der Waals surface area (Å²) in [6.45, 7) is 4.41. The third-order valence-corrected chi connectivity index (χ3v) is 3.75. The molecular formula is C14H20N6O. The summed E-state index contributed by atoms with van der Waals surface area (Å²) in [4.78, 5) is 11.0. The van der Waals surface area contributed by atoms with Crippen molar-refractivity contribution in [3.05, 3.63) is 24.5 Å². The van der Waals surface area contributed by atoms with E-state index in [9.17, 15) is 0 Å². The van der Waals surface area contributed by atoms with E-state index < -0.39 is 0 Å². The number of hydrogen-bond acceptors (Lipinski definition) is 6. The summed E-state index contributed by atoms with van der Waals surface area (Å²) in [6, 6.07) is 0. The third-order valence-electron chi connectivity index (χ3n) is 3.75. The molecule has 0 saturated carbocycles. The maximum Gasteiger partial charge on any atom is 0.234 e. The van der Waals surface area contributed by atoms with Gasteiger partial charge in [-0.2, -0.15) is 4.98 Å². The second-order valence-electron chi connectivity index (χ2n) is 5.23. The van der Waals surface area contributed by atoms with Gasteiger partial charge in [-0.05, 0) is 19.8 Å². The van der Waals surface area contributed by atoms with Gasteiger partial charge in [0.1, 0.15) is 12.2 Å². The standard InChI is InChI=1S/C14H20N6O/c1-3-21-13-8-15-7-12(17-13)20-6-4-5-11(9-20)14-18-16-10-19(14)2/h7-8,10-11H,3-6,9H2,1-2H3/t11-/m1/s1. The predicted molar refractivity (Wildman–Crippen MR) is 78.4 cm³/mol. The van der Waals surface area contributed by atoms with E-state index in [4.69, 9.17) is 4.74 Å². The zero-order valence-electron chi connectivity index (χ0n) is 12.4. The minimum absolute atomic E-state index is 0.379. The summed E-state index contributed by atoms with van der Waals surface area (Å²) in [7, 11) is 1.99. The van der Waals surface area contributed by atoms with Crippen LogP contribution in [0.3, 0.4) is 0 Å². The molecule has 0 spiro atoms. The van der Waals surface area contributed by atoms with Crippen molar-refractivity contribution in [1.29, 1.82) is 0 Å². The molecule has 3 heterocycles. The summed E-state index contributed by atoms with van der Waals surface area (Å²) < 4.78 is 7.43. The molecule has 1 saturated heterocycles. The average molecular weight is 288 g/mol. The number of aryl methyl sites for hydroxylation is 1. The lowest BCUT2D eigenvalue weighted by Gasteiger charge is -2.32. The van der Waals surface area contributed by atoms with Crippen LogP contribution in [0.5, 0.6) is 5.88 Å². The van der Waals surface area contributed by atoms with Crippen molar-refractivity contribution in [2.45, 2.75) is 25.7 Å². The van der Waals surface area contributed by atoms with Crippen molar-refractivity contribution in [3.8, 4) is 5.88 Å². The maximum absolute atomic E-state index is 5.43. The normalized spacial score (nSPS) is 18.8. The Balaban J connectivity index is 1.77. The van der Waals surface area contributed by atoms with E-state index in [1.165, 1.54) is 0 Å². The molecule has 21 heavy (non-hydrogen) atoms. The molecular weight excluding hydrogens is 268 g/mol. The molecule has 0 N–H and O–H groups in total. The van der Waals surface area contributed by atoms with Crippen LogP contribution < -0.4 is 9.64 Å². The van der Waals surface area contributed by atoms with Crippen LogP contribution in [0.2, 0.25) is 0 Å². The Morgan fingerprint density at radius 1 is 1.38 bits per heavy atom. The molecule has 0 unspecified atom stereocenters. The van der Waals surface area contributed by atoms with Crippen LogP contribution in [0.4, 0.5) is 5.82 Å². The third kappa shape index (κ3) is 2.96. The SMILES string of the molecule is CCOc1cncc(N2CCC[C@@H](c3nncn3C)C2)n1. The Bertz CT molecular complexity index is 599. The van der Waals surface area contributed by atoms with Gasteiger partial charge in [0, 0.05) is 26.1 Å². The predicted octanol–water partition coefficient (Wildman–Crippen LogP) is 1.39. The van der Waals surface area contributed by atoms with Gasteiger partial charge >= 0.3 is 0 Å². The highest BCUT2D eigenvalue weighted by atomic mass is 16.5. The van der Waals surface area contributed by atoms with Crippen LogP contribution in [-0.2, 0) is 7.05 Å². The fourth-order valence-corrected chi connectivity index (χ4v) is 2.77. The van der Waals surface area contributed by atoms with Gasteiger partial charge in [0.05, 0.1) is 19.0 Å². The molecule has 7 nitrogen and oxygen atoms in total. The van der Waals surface area contributed by atoms with Crippen LogP contribution in [-0.4, -0.2) is 44.4 Å². The molecule has 7 heteroatoms. The molecule has 0 aliphatic carbocycles. The highest BCUT2D eigenvalue weighted by Gasteiger charge is 2.25. The molecule has 0 aromatic carbocycles. The molecule has 1 atom stereocenters. The van der Waals surface area contributed by atoms with Gasteiger partial charge in [-0.1, -0.05) is 0 Å². The zero-order chi connectivity index (χ0) is 14.7. The van der Waals surface area contributed by atoms with Crippen molar-refractivity contribution in [1.82, 2.24) is 24.7 Å². The van der Waals surface area contributed by atoms with Crippen molar-refractivity contribution >= 4 is 5.82 Å². The molecule has 0 bridgehead atoms. The van der Waals surface area contributed by atoms with Crippen LogP contribution in [0.1, 0.15) is 31.5 Å². The van der Waals surface area contributed by atoms with E-state index in [2.05, 4.69) is 25.1 Å². The van der Waals surface area contributed by atoms with Crippen molar-refractivity contribution in [2.75, 3.05) is 24.6 Å². The molecule has 1 fully saturated rings. The van der Waals surface area contributed by atoms with Gasteiger partial charge in [0.25, 0.3) is 0 Å². The van der Waals surface area contributed by atoms with Crippen LogP contribution in [0, 0.1) is 0 Å². The van der Waals surface area contributed by atoms with Crippen molar-refractivity contribution < 1.29 is 4.74 Å². The smallest absolute Gasteiger partial charge is 0.234 e. The molecule has 112 valence electrons. The van der Waals surface area contributed by atoms with Gasteiger partial charge in [-0.3, -0.25) is 4.98 Å². The second-order valence-corrected chi connectivity index (χ2v) is 5.23. The number of ether oxygens (including phenoxy) is 1. The van der Waals surface area contributed by atoms with Crippen molar-refractivity contribution in [2.24, 2.45) is 7.05 Å². The Labute approximate surface area is 124 Å². The minimum Gasteiger partial charge on any atom is -0.477 e. The molecule has 0 radical (unpaired) electrons. The number of aromatic nitrogens is 5. The van der Waals surface area contributed by atoms with Crippen LogP contribution >= 0.6 is 0 Å². The Morgan fingerprint density at radius 3 is 3.05 bits per heavy atom. The Hall–Kier alpha value is -2.18. The van der Waals surface area contributed by atoms with Crippen LogP contribution in [0.25, 0.3) is 0 Å². The fraction of sp³-hybridized carbons (Fsp3) is 0.571. The van der Waals surface area contributed by atoms with E-state index in [-0.39, 0.29) is 0 Å². The van der Waals surface area contributed by atoms with E-state index in [0.29, 0.717) is 18.4 Å². The van der Waals surface area contributed by atoms with Gasteiger partial charge in [-0.25, -0.2) is 0 Å². The lowest BCUT2D eigenvalue weighted by molar-refractivity contribution is 0.325. The maximum atomic E-state index is 5.43. The van der Waals surface area contributed by atoms with Gasteiger partial charge in [-0.15, -0.1) is 10.2 Å². The number of rotatable bonds is 4. The summed E-state index contributed by atoms with van der Waals surface area (Å²) in [6.07, 6.45) is 7.43. The molecule has 3 rings (SSSR count). The van der Waals surface area contributed by atoms with E-state index >= 15 is 0 Å². The Morgan fingerprint density at radius 2 is 2.29 bits per heavy atom. The summed E-state index contributed by atoms with van der Waals surface area (Å²) >= 11 is 0. The number of nitrogens with zero attached hydrogens (tertiary/aromatic N) is 6. The first-order chi connectivity index (χ1) is 10.3. The molecule has 1 aliphatic heterocycles. The number of hydrogen-bond donors (Lipinski definition) is 0. The molecule has 2 aromatic heterocycles. The molecule has 0 amide bonds. The zero-order valence-corrected chi connectivity index (χ0v) is 12.4. The summed E-state index contributed by atoms with van der Waals surface area (Å²) in [5.74, 6) is 2.86. The van der Waals surface area contributed by atoms with Crippen molar-refractivity contribution in [3.63, 3.8) is 0 Å². The largest absolute Gasteiger partial charge is 0.477 e. The molecule has 2 aromatic rings. The first-order valence-corrected chi connectivity index (χ1v) is 7.31. The highest BCUT2D eigenvalue weighted by molar-refractivity contribution is 5.39. The quantitative estimate of drug-likeness (QED) is 0.847. The molecule has 1 aliphatic rings. The lowest BCUT2D eigenvalue weighted by Crippen LogP contribution is -2.35.